The molecule has 0 bridgehead atoms. The minimum Gasteiger partial charge on any atom is -0.352 e. The number of nitrogens with one attached hydrogen (secondary N) is 1. The van der Waals surface area contributed by atoms with Crippen molar-refractivity contribution >= 4 is 49.9 Å². The summed E-state index contributed by atoms with van der Waals surface area (Å²) in [6.07, 6.45) is 5.46. The van der Waals surface area contributed by atoms with Crippen molar-refractivity contribution in [2.75, 3.05) is 36.4 Å². The predicted molar refractivity (Wildman–Crippen MR) is 160 cm³/mol. The van der Waals surface area contributed by atoms with Gasteiger partial charge in [0.05, 0.1) is 11.1 Å². The Bertz CT molecular complexity index is 1650. The molecular weight excluding hydrogens is 502 g/mol. The summed E-state index contributed by atoms with van der Waals surface area (Å²) in [4.78, 5) is 30.4. The van der Waals surface area contributed by atoms with Gasteiger partial charge >= 0.3 is 6.03 Å². The van der Waals surface area contributed by atoms with Crippen LogP contribution in [0.1, 0.15) is 34.7 Å². The van der Waals surface area contributed by atoms with Crippen LogP contribution in [-0.4, -0.2) is 47.1 Å². The normalized spacial score (nSPS) is 15.5. The Morgan fingerprint density at radius 1 is 0.846 bits per heavy atom. The molecule has 39 heavy (non-hydrogen) atoms. The first-order valence-corrected chi connectivity index (χ1v) is 14.7. The van der Waals surface area contributed by atoms with Crippen molar-refractivity contribution in [3.8, 4) is 0 Å². The lowest BCUT2D eigenvalue weighted by Gasteiger charge is -2.36. The number of nitrogens with zero attached hydrogens (tertiary/aromatic N) is 4. The Morgan fingerprint density at radius 3 is 2.49 bits per heavy atom. The number of thiophene rings is 1. The topological polar surface area (TPSA) is 61.4 Å². The van der Waals surface area contributed by atoms with E-state index in [2.05, 4.69) is 52.7 Å². The highest BCUT2D eigenvalue weighted by Crippen LogP contribution is 2.40. The molecule has 2 amide bonds. The van der Waals surface area contributed by atoms with Gasteiger partial charge in [0.15, 0.2) is 0 Å². The van der Waals surface area contributed by atoms with Crippen LogP contribution in [0.15, 0.2) is 72.8 Å². The number of benzene rings is 3. The summed E-state index contributed by atoms with van der Waals surface area (Å²) in [7, 11) is 0. The van der Waals surface area contributed by atoms with Gasteiger partial charge in [-0.1, -0.05) is 66.7 Å². The van der Waals surface area contributed by atoms with Gasteiger partial charge < -0.3 is 15.1 Å². The molecule has 0 unspecified atom stereocenters. The molecule has 6 nitrogen and oxygen atoms in total. The van der Waals surface area contributed by atoms with Crippen LogP contribution in [0, 0.1) is 0 Å². The van der Waals surface area contributed by atoms with Crippen molar-refractivity contribution in [2.45, 2.75) is 32.1 Å². The first-order chi connectivity index (χ1) is 19.2. The fourth-order valence-electron chi connectivity index (χ4n) is 5.92. The minimum atomic E-state index is -0.0449. The smallest absolute Gasteiger partial charge is 0.321 e. The second-order valence-corrected chi connectivity index (χ2v) is 11.5. The highest BCUT2D eigenvalue weighted by Gasteiger charge is 2.27. The molecule has 3 aromatic carbocycles. The van der Waals surface area contributed by atoms with Crippen LogP contribution in [-0.2, 0) is 19.3 Å². The summed E-state index contributed by atoms with van der Waals surface area (Å²) >= 11 is 1.86. The minimum absolute atomic E-state index is 0.0449. The number of hydrogen-bond acceptors (Lipinski definition) is 5. The van der Waals surface area contributed by atoms with Crippen molar-refractivity contribution in [1.29, 1.82) is 0 Å². The number of amides is 2. The van der Waals surface area contributed by atoms with Crippen molar-refractivity contribution in [2.24, 2.45) is 0 Å². The van der Waals surface area contributed by atoms with E-state index in [0.717, 1.165) is 65.3 Å². The molecule has 0 spiro atoms. The monoisotopic (exact) mass is 533 g/mol. The van der Waals surface area contributed by atoms with Gasteiger partial charge in [-0.15, -0.1) is 11.3 Å². The fourth-order valence-corrected chi connectivity index (χ4v) is 7.19. The molecule has 2 aliphatic rings. The molecular formula is C32H31N5OS. The van der Waals surface area contributed by atoms with Crippen LogP contribution in [0.3, 0.4) is 0 Å². The lowest BCUT2D eigenvalue weighted by atomic mass is 9.96. The van der Waals surface area contributed by atoms with Gasteiger partial charge in [0.2, 0.25) is 0 Å². The third kappa shape index (κ3) is 4.72. The number of piperazine rings is 1. The Morgan fingerprint density at radius 2 is 1.62 bits per heavy atom. The van der Waals surface area contributed by atoms with Gasteiger partial charge in [0, 0.05) is 42.9 Å². The lowest BCUT2D eigenvalue weighted by Crippen LogP contribution is -2.50. The molecule has 1 fully saturated rings. The SMILES string of the molecule is O=C(Nc1cccc2ccccc12)N1CCN(c2nc(Cc3ccccc3)nc3sc4c(c23)CCCC4)CC1. The van der Waals surface area contributed by atoms with Crippen LogP contribution in [0.4, 0.5) is 16.3 Å². The zero-order chi connectivity index (χ0) is 26.2. The molecule has 1 aliphatic heterocycles. The third-order valence-corrected chi connectivity index (χ3v) is 9.13. The quantitative estimate of drug-likeness (QED) is 0.280. The van der Waals surface area contributed by atoms with Crippen LogP contribution in [0.5, 0.6) is 0 Å². The number of fused-ring (bicyclic) bond motifs is 4. The number of urea groups is 1. The average Bonchev–Trinajstić information content (AvgIpc) is 3.36. The van der Waals surface area contributed by atoms with E-state index in [0.29, 0.717) is 13.1 Å². The number of carbonyl (C=O) groups excluding carboxylic acids is 1. The molecule has 7 rings (SSSR count). The van der Waals surface area contributed by atoms with E-state index in [9.17, 15) is 4.79 Å². The van der Waals surface area contributed by atoms with Gasteiger partial charge in [-0.3, -0.25) is 0 Å². The Balaban J connectivity index is 1.14. The number of aryl methyl sites for hydroxylation is 2. The molecule has 196 valence electrons. The molecule has 7 heteroatoms. The number of carbonyl (C=O) groups is 1. The fraction of sp³-hybridized carbons (Fsp3) is 0.281. The molecule has 5 aromatic rings. The molecule has 1 aliphatic carbocycles. The molecule has 3 heterocycles. The first kappa shape index (κ1) is 24.1. The Kier molecular flexibility index (Phi) is 6.37. The molecule has 2 aromatic heterocycles. The van der Waals surface area contributed by atoms with Crippen LogP contribution in [0.25, 0.3) is 21.0 Å². The van der Waals surface area contributed by atoms with Gasteiger partial charge in [-0.25, -0.2) is 14.8 Å². The lowest BCUT2D eigenvalue weighted by molar-refractivity contribution is 0.208. The summed E-state index contributed by atoms with van der Waals surface area (Å²) in [6, 6.07) is 24.6. The van der Waals surface area contributed by atoms with E-state index in [1.165, 1.54) is 34.2 Å². The summed E-state index contributed by atoms with van der Waals surface area (Å²) in [5, 5.41) is 6.59. The van der Waals surface area contributed by atoms with Gasteiger partial charge in [0.1, 0.15) is 16.5 Å². The number of hydrogen-bond donors (Lipinski definition) is 1. The number of rotatable bonds is 4. The average molecular weight is 534 g/mol. The Labute approximate surface area is 232 Å². The summed E-state index contributed by atoms with van der Waals surface area (Å²) in [5.74, 6) is 1.93. The zero-order valence-electron chi connectivity index (χ0n) is 21.9. The van der Waals surface area contributed by atoms with E-state index in [4.69, 9.17) is 9.97 Å². The maximum absolute atomic E-state index is 13.2. The standard InChI is InChI=1S/C32H31N5OS/c38-32(33-26-15-8-12-23-11-4-5-13-24(23)26)37-19-17-36(18-20-37)30-29-25-14-6-7-16-27(25)39-31(29)35-28(34-30)21-22-9-2-1-3-10-22/h1-5,8-13,15H,6-7,14,16-21H2,(H,33,38). The first-order valence-electron chi connectivity index (χ1n) is 13.9. The van der Waals surface area contributed by atoms with Crippen LogP contribution >= 0.6 is 11.3 Å². The van der Waals surface area contributed by atoms with Crippen LogP contribution < -0.4 is 10.2 Å². The van der Waals surface area contributed by atoms with E-state index >= 15 is 0 Å². The van der Waals surface area contributed by atoms with Gasteiger partial charge in [-0.2, -0.15) is 0 Å². The zero-order valence-corrected chi connectivity index (χ0v) is 22.7. The molecule has 0 saturated carbocycles. The van der Waals surface area contributed by atoms with Gasteiger partial charge in [0.25, 0.3) is 0 Å². The van der Waals surface area contributed by atoms with E-state index in [1.54, 1.807) is 0 Å². The van der Waals surface area contributed by atoms with E-state index in [1.807, 2.05) is 46.6 Å². The predicted octanol–water partition coefficient (Wildman–Crippen LogP) is 6.67. The maximum Gasteiger partial charge on any atom is 0.321 e. The van der Waals surface area contributed by atoms with E-state index in [-0.39, 0.29) is 6.03 Å². The van der Waals surface area contributed by atoms with Crippen molar-refractivity contribution < 1.29 is 4.79 Å². The second-order valence-electron chi connectivity index (χ2n) is 10.4. The third-order valence-electron chi connectivity index (χ3n) is 7.94. The highest BCUT2D eigenvalue weighted by atomic mass is 32.1. The van der Waals surface area contributed by atoms with E-state index < -0.39 is 0 Å². The molecule has 0 atom stereocenters. The highest BCUT2D eigenvalue weighted by molar-refractivity contribution is 7.19. The molecule has 1 saturated heterocycles. The second kappa shape index (κ2) is 10.3. The Hall–Kier alpha value is -3.97. The van der Waals surface area contributed by atoms with Crippen molar-refractivity contribution in [3.63, 3.8) is 0 Å². The van der Waals surface area contributed by atoms with Gasteiger partial charge in [-0.05, 0) is 48.3 Å². The largest absolute Gasteiger partial charge is 0.352 e. The van der Waals surface area contributed by atoms with Crippen molar-refractivity contribution in [3.05, 3.63) is 94.6 Å². The molecule has 1 N–H and O–H groups in total. The summed E-state index contributed by atoms with van der Waals surface area (Å²) < 4.78 is 0. The van der Waals surface area contributed by atoms with Crippen molar-refractivity contribution in [1.82, 2.24) is 14.9 Å². The maximum atomic E-state index is 13.2. The van der Waals surface area contributed by atoms with Crippen LogP contribution in [0.2, 0.25) is 0 Å². The summed E-state index contributed by atoms with van der Waals surface area (Å²) in [5.41, 5.74) is 3.53. The summed E-state index contributed by atoms with van der Waals surface area (Å²) in [6.45, 7) is 2.82. The number of anilines is 2. The number of aromatic nitrogens is 2. The molecule has 0 radical (unpaired) electrons.